The van der Waals surface area contributed by atoms with Crippen molar-refractivity contribution in [2.75, 3.05) is 26.2 Å². The van der Waals surface area contributed by atoms with E-state index in [-0.39, 0.29) is 36.4 Å². The Labute approximate surface area is 175 Å². The van der Waals surface area contributed by atoms with E-state index in [1.54, 1.807) is 29.1 Å². The molecule has 1 N–H and O–H groups in total. The van der Waals surface area contributed by atoms with E-state index < -0.39 is 4.92 Å². The number of hydrogen-bond acceptors (Lipinski definition) is 5. The number of nitro benzene ring substituents is 1. The van der Waals surface area contributed by atoms with Gasteiger partial charge in [0.25, 0.3) is 11.6 Å². The smallest absolute Gasteiger partial charge is 0.294 e. The minimum Gasteiger partial charge on any atom is -0.339 e. The largest absolute Gasteiger partial charge is 0.339 e. The van der Waals surface area contributed by atoms with Gasteiger partial charge >= 0.3 is 0 Å². The Bertz CT molecular complexity index is 828. The molecule has 2 saturated heterocycles. The van der Waals surface area contributed by atoms with Crippen molar-refractivity contribution >= 4 is 36.4 Å². The lowest BCUT2D eigenvalue weighted by Gasteiger charge is -2.38. The van der Waals surface area contributed by atoms with Gasteiger partial charge in [-0.15, -0.1) is 24.8 Å². The lowest BCUT2D eigenvalue weighted by atomic mass is 9.78. The number of carbonyl (C=O) groups is 1. The second kappa shape index (κ2) is 8.89. The highest BCUT2D eigenvalue weighted by Crippen LogP contribution is 2.37. The van der Waals surface area contributed by atoms with Crippen LogP contribution in [0.2, 0.25) is 0 Å². The third-order valence-electron chi connectivity index (χ3n) is 5.65. The van der Waals surface area contributed by atoms with Crippen molar-refractivity contribution in [1.82, 2.24) is 19.8 Å². The zero-order chi connectivity index (χ0) is 18.1. The van der Waals surface area contributed by atoms with Crippen molar-refractivity contribution in [3.63, 3.8) is 0 Å². The Morgan fingerprint density at radius 2 is 1.96 bits per heavy atom. The van der Waals surface area contributed by atoms with Gasteiger partial charge in [0, 0.05) is 43.7 Å². The highest BCUT2D eigenvalue weighted by molar-refractivity contribution is 5.95. The molecule has 1 amide bonds. The van der Waals surface area contributed by atoms with Crippen LogP contribution < -0.4 is 5.32 Å². The van der Waals surface area contributed by atoms with Gasteiger partial charge in [-0.2, -0.15) is 0 Å². The van der Waals surface area contributed by atoms with Gasteiger partial charge in [0.15, 0.2) is 0 Å². The van der Waals surface area contributed by atoms with Crippen LogP contribution in [0.5, 0.6) is 0 Å². The fourth-order valence-electron chi connectivity index (χ4n) is 4.01. The lowest BCUT2D eigenvalue weighted by Crippen LogP contribution is -2.44. The second-order valence-electron chi connectivity index (χ2n) is 7.15. The molecule has 28 heavy (non-hydrogen) atoms. The van der Waals surface area contributed by atoms with Gasteiger partial charge in [0.2, 0.25) is 0 Å². The summed E-state index contributed by atoms with van der Waals surface area (Å²) < 4.78 is 1.57. The number of aromatic nitrogens is 2. The number of nitro groups is 1. The molecule has 0 radical (unpaired) electrons. The molecule has 0 atom stereocenters. The Kier molecular flexibility index (Phi) is 7.03. The monoisotopic (exact) mass is 427 g/mol. The fraction of sp³-hybridized carbons (Fsp3) is 0.444. The highest BCUT2D eigenvalue weighted by Gasteiger charge is 2.38. The van der Waals surface area contributed by atoms with Gasteiger partial charge in [-0.05, 0) is 43.4 Å². The molecule has 1 aromatic heterocycles. The van der Waals surface area contributed by atoms with Crippen LogP contribution in [0.3, 0.4) is 0 Å². The van der Waals surface area contributed by atoms with Crippen molar-refractivity contribution in [3.8, 4) is 5.69 Å². The highest BCUT2D eigenvalue weighted by atomic mass is 35.5. The number of piperidine rings is 1. The molecule has 4 rings (SSSR count). The molecule has 8 nitrogen and oxygen atoms in total. The average Bonchev–Trinajstić information content (AvgIpc) is 3.34. The minimum atomic E-state index is -0.457. The number of benzene rings is 1. The van der Waals surface area contributed by atoms with Crippen LogP contribution in [0.1, 0.15) is 29.6 Å². The van der Waals surface area contributed by atoms with Gasteiger partial charge in [0.05, 0.1) is 11.3 Å². The maximum atomic E-state index is 12.8. The van der Waals surface area contributed by atoms with E-state index >= 15 is 0 Å². The average molecular weight is 428 g/mol. The molecule has 10 heteroatoms. The summed E-state index contributed by atoms with van der Waals surface area (Å²) in [6, 6.07) is 4.64. The van der Waals surface area contributed by atoms with Gasteiger partial charge in [0.1, 0.15) is 5.69 Å². The summed E-state index contributed by atoms with van der Waals surface area (Å²) in [5.74, 6) is -0.133. The van der Waals surface area contributed by atoms with E-state index in [0.717, 1.165) is 25.9 Å². The number of hydrogen-bond donors (Lipinski definition) is 1. The van der Waals surface area contributed by atoms with Crippen LogP contribution in [0.4, 0.5) is 5.69 Å². The van der Waals surface area contributed by atoms with Crippen molar-refractivity contribution < 1.29 is 9.72 Å². The number of nitrogens with zero attached hydrogens (tertiary/aromatic N) is 4. The van der Waals surface area contributed by atoms with E-state index in [0.29, 0.717) is 29.8 Å². The molecule has 1 spiro atoms. The first kappa shape index (κ1) is 22.1. The summed E-state index contributed by atoms with van der Waals surface area (Å²) in [5, 5.41) is 14.9. The lowest BCUT2D eigenvalue weighted by molar-refractivity contribution is -0.384. The SMILES string of the molecule is Cl.Cl.O=C(c1ccc(-n2ccnc2)c([N+](=O)[O-])c1)N1CCC2(CCNC2)CC1. The van der Waals surface area contributed by atoms with Crippen LogP contribution in [0.15, 0.2) is 36.9 Å². The van der Waals surface area contributed by atoms with Crippen molar-refractivity contribution in [2.45, 2.75) is 19.3 Å². The summed E-state index contributed by atoms with van der Waals surface area (Å²) >= 11 is 0. The summed E-state index contributed by atoms with van der Waals surface area (Å²) in [5.41, 5.74) is 0.996. The third kappa shape index (κ3) is 4.14. The number of rotatable bonds is 3. The Morgan fingerprint density at radius 1 is 1.21 bits per heavy atom. The Balaban J connectivity index is 0.00000140. The number of halogens is 2. The molecular formula is C18H23Cl2N5O3. The molecular weight excluding hydrogens is 405 g/mol. The van der Waals surface area contributed by atoms with Crippen LogP contribution in [0, 0.1) is 15.5 Å². The van der Waals surface area contributed by atoms with Gasteiger partial charge in [-0.25, -0.2) is 4.98 Å². The van der Waals surface area contributed by atoms with E-state index in [2.05, 4.69) is 10.3 Å². The molecule has 2 aromatic rings. The molecule has 0 aliphatic carbocycles. The Morgan fingerprint density at radius 3 is 2.54 bits per heavy atom. The number of carbonyl (C=O) groups excluding carboxylic acids is 1. The molecule has 152 valence electrons. The summed E-state index contributed by atoms with van der Waals surface area (Å²) in [6.45, 7) is 3.49. The number of amides is 1. The predicted molar refractivity (Wildman–Crippen MR) is 110 cm³/mol. The van der Waals surface area contributed by atoms with Crippen LogP contribution >= 0.6 is 24.8 Å². The molecule has 2 aliphatic heterocycles. The van der Waals surface area contributed by atoms with Crippen LogP contribution in [-0.2, 0) is 0 Å². The van der Waals surface area contributed by atoms with Gasteiger partial charge < -0.3 is 14.8 Å². The quantitative estimate of drug-likeness (QED) is 0.600. The maximum Gasteiger partial charge on any atom is 0.294 e. The third-order valence-corrected chi connectivity index (χ3v) is 5.65. The summed E-state index contributed by atoms with van der Waals surface area (Å²) in [7, 11) is 0. The molecule has 2 aliphatic rings. The standard InChI is InChI=1S/C18H21N5O3.2ClH/c24-17(21-8-4-18(5-9-21)3-6-19-12-18)14-1-2-15(16(11-14)23(25)26)22-10-7-20-13-22;;/h1-2,7,10-11,13,19H,3-6,8-9,12H2;2*1H. The molecule has 3 heterocycles. The minimum absolute atomic E-state index is 0. The molecule has 0 bridgehead atoms. The number of imidazole rings is 1. The fourth-order valence-corrected chi connectivity index (χ4v) is 4.01. The van der Waals surface area contributed by atoms with E-state index in [1.165, 1.54) is 18.8 Å². The zero-order valence-electron chi connectivity index (χ0n) is 15.2. The summed E-state index contributed by atoms with van der Waals surface area (Å²) in [6.07, 6.45) is 7.85. The Hall–Kier alpha value is -2.16. The first-order valence-corrected chi connectivity index (χ1v) is 8.85. The van der Waals surface area contributed by atoms with Crippen molar-refractivity contribution in [2.24, 2.45) is 5.41 Å². The second-order valence-corrected chi connectivity index (χ2v) is 7.15. The van der Waals surface area contributed by atoms with E-state index in [1.807, 2.05) is 4.90 Å². The first-order chi connectivity index (χ1) is 12.6. The van der Waals surface area contributed by atoms with Crippen LogP contribution in [-0.4, -0.2) is 51.5 Å². The zero-order valence-corrected chi connectivity index (χ0v) is 16.9. The normalized spacial score (nSPS) is 17.6. The molecule has 0 saturated carbocycles. The van der Waals surface area contributed by atoms with Crippen molar-refractivity contribution in [1.29, 1.82) is 0 Å². The molecule has 2 fully saturated rings. The van der Waals surface area contributed by atoms with Gasteiger partial charge in [-0.1, -0.05) is 0 Å². The number of nitrogens with one attached hydrogen (secondary N) is 1. The van der Waals surface area contributed by atoms with Gasteiger partial charge in [-0.3, -0.25) is 14.9 Å². The van der Waals surface area contributed by atoms with E-state index in [4.69, 9.17) is 0 Å². The predicted octanol–water partition coefficient (Wildman–Crippen LogP) is 2.84. The van der Waals surface area contributed by atoms with Crippen LogP contribution in [0.25, 0.3) is 5.69 Å². The van der Waals surface area contributed by atoms with E-state index in [9.17, 15) is 14.9 Å². The molecule has 0 unspecified atom stereocenters. The first-order valence-electron chi connectivity index (χ1n) is 8.85. The number of likely N-dealkylation sites (tertiary alicyclic amines) is 1. The van der Waals surface area contributed by atoms with Crippen molar-refractivity contribution in [3.05, 3.63) is 52.6 Å². The molecule has 1 aromatic carbocycles. The summed E-state index contributed by atoms with van der Waals surface area (Å²) in [4.78, 5) is 29.6. The maximum absolute atomic E-state index is 12.8. The topological polar surface area (TPSA) is 93.3 Å².